The number of sulfone groups is 1. The van der Waals surface area contributed by atoms with Crippen LogP contribution in [0.1, 0.15) is 12.8 Å². The lowest BCUT2D eigenvalue weighted by Gasteiger charge is -2.37. The highest BCUT2D eigenvalue weighted by atomic mass is 35.5. The molecule has 0 N–H and O–H groups in total. The van der Waals surface area contributed by atoms with Crippen LogP contribution in [0.2, 0.25) is 5.02 Å². The van der Waals surface area contributed by atoms with Gasteiger partial charge in [-0.15, -0.1) is 0 Å². The van der Waals surface area contributed by atoms with Crippen LogP contribution in [0.25, 0.3) is 0 Å². The van der Waals surface area contributed by atoms with Crippen LogP contribution < -0.4 is 0 Å². The Morgan fingerprint density at radius 3 is 2.00 bits per heavy atom. The van der Waals surface area contributed by atoms with E-state index in [-0.39, 0.29) is 23.2 Å². The van der Waals surface area contributed by atoms with Crippen LogP contribution in [-0.2, 0) is 19.9 Å². The van der Waals surface area contributed by atoms with Crippen molar-refractivity contribution in [2.24, 2.45) is 0 Å². The molecule has 1 saturated carbocycles. The van der Waals surface area contributed by atoms with Gasteiger partial charge < -0.3 is 0 Å². The van der Waals surface area contributed by atoms with Gasteiger partial charge in [-0.3, -0.25) is 0 Å². The van der Waals surface area contributed by atoms with Crippen molar-refractivity contribution in [2.75, 3.05) is 13.1 Å². The summed E-state index contributed by atoms with van der Waals surface area (Å²) in [6, 6.07) is 5.95. The number of rotatable bonds is 4. The number of hydrogen-bond donors (Lipinski definition) is 0. The van der Waals surface area contributed by atoms with E-state index in [1.165, 1.54) is 28.6 Å². The summed E-state index contributed by atoms with van der Waals surface area (Å²) in [6.45, 7) is 0.119. The maximum atomic E-state index is 12.3. The summed E-state index contributed by atoms with van der Waals surface area (Å²) in [7, 11) is -6.75. The van der Waals surface area contributed by atoms with E-state index in [0.717, 1.165) is 0 Å². The smallest absolute Gasteiger partial charge is 0.217 e. The molecule has 0 spiro atoms. The van der Waals surface area contributed by atoms with E-state index >= 15 is 0 Å². The molecule has 1 aromatic carbocycles. The van der Waals surface area contributed by atoms with Crippen LogP contribution in [0.4, 0.5) is 0 Å². The zero-order chi connectivity index (χ0) is 14.5. The summed E-state index contributed by atoms with van der Waals surface area (Å²) >= 11 is 5.73. The molecule has 20 heavy (non-hydrogen) atoms. The van der Waals surface area contributed by atoms with Crippen molar-refractivity contribution >= 4 is 31.5 Å². The average Bonchev–Trinajstić information content (AvgIpc) is 3.10. The lowest BCUT2D eigenvalue weighted by atomic mass is 10.3. The van der Waals surface area contributed by atoms with E-state index in [1.807, 2.05) is 0 Å². The summed E-state index contributed by atoms with van der Waals surface area (Å²) in [5.41, 5.74) is 0. The Kier molecular flexibility index (Phi) is 3.36. The molecule has 0 aromatic heterocycles. The van der Waals surface area contributed by atoms with Crippen LogP contribution in [0.5, 0.6) is 0 Å². The van der Waals surface area contributed by atoms with Gasteiger partial charge in [0.1, 0.15) is 0 Å². The quantitative estimate of drug-likeness (QED) is 0.831. The first-order valence-electron chi connectivity index (χ1n) is 6.30. The molecule has 0 unspecified atom stereocenters. The maximum absolute atomic E-state index is 12.3. The van der Waals surface area contributed by atoms with Gasteiger partial charge in [0.15, 0.2) is 9.84 Å². The van der Waals surface area contributed by atoms with Gasteiger partial charge in [0.2, 0.25) is 10.0 Å². The Morgan fingerprint density at radius 2 is 1.50 bits per heavy atom. The Labute approximate surface area is 123 Å². The Balaban J connectivity index is 1.74. The second-order valence-corrected chi connectivity index (χ2v) is 10.1. The van der Waals surface area contributed by atoms with Crippen LogP contribution in [-0.4, -0.2) is 44.7 Å². The predicted molar refractivity (Wildman–Crippen MR) is 75.9 cm³/mol. The Morgan fingerprint density at radius 1 is 0.950 bits per heavy atom. The number of nitrogens with zero attached hydrogens (tertiary/aromatic N) is 1. The summed E-state index contributed by atoms with van der Waals surface area (Å²) < 4.78 is 49.8. The molecular weight excluding hydrogens is 322 g/mol. The molecule has 3 rings (SSSR count). The fourth-order valence-electron chi connectivity index (χ4n) is 2.20. The molecular formula is C12H14ClNO4S2. The van der Waals surface area contributed by atoms with Crippen LogP contribution in [0, 0.1) is 0 Å². The van der Waals surface area contributed by atoms with E-state index in [2.05, 4.69) is 0 Å². The van der Waals surface area contributed by atoms with Gasteiger partial charge in [-0.2, -0.15) is 4.31 Å². The minimum atomic E-state index is -3.48. The molecule has 1 saturated heterocycles. The number of hydrogen-bond acceptors (Lipinski definition) is 4. The highest BCUT2D eigenvalue weighted by Gasteiger charge is 2.48. The molecule has 2 aliphatic rings. The highest BCUT2D eigenvalue weighted by Crippen LogP contribution is 2.35. The number of sulfonamides is 1. The molecule has 0 atom stereocenters. The first kappa shape index (κ1) is 14.3. The molecule has 1 aliphatic carbocycles. The largest absolute Gasteiger partial charge is 0.223 e. The second-order valence-electron chi connectivity index (χ2n) is 5.18. The molecule has 1 aromatic rings. The lowest BCUT2D eigenvalue weighted by Crippen LogP contribution is -2.57. The molecule has 0 radical (unpaired) electrons. The molecule has 110 valence electrons. The number of halogens is 1. The first-order valence-corrected chi connectivity index (χ1v) is 9.73. The van der Waals surface area contributed by atoms with Crippen molar-refractivity contribution in [3.8, 4) is 0 Å². The summed E-state index contributed by atoms with van der Waals surface area (Å²) in [5.74, 6) is 0. The molecule has 0 bridgehead atoms. The minimum absolute atomic E-state index is 0.0593. The lowest BCUT2D eigenvalue weighted by molar-refractivity contribution is 0.309. The third-order valence-corrected chi connectivity index (χ3v) is 8.39. The van der Waals surface area contributed by atoms with E-state index in [0.29, 0.717) is 17.9 Å². The first-order chi connectivity index (χ1) is 9.31. The highest BCUT2D eigenvalue weighted by molar-refractivity contribution is 7.93. The van der Waals surface area contributed by atoms with Crippen LogP contribution >= 0.6 is 11.6 Å². The fraction of sp³-hybridized carbons (Fsp3) is 0.500. The Bertz CT molecular complexity index is 717. The van der Waals surface area contributed by atoms with Gasteiger partial charge >= 0.3 is 0 Å². The Hall–Kier alpha value is -0.630. The van der Waals surface area contributed by atoms with Crippen molar-refractivity contribution in [2.45, 2.75) is 28.2 Å². The molecule has 2 fully saturated rings. The minimum Gasteiger partial charge on any atom is -0.223 e. The van der Waals surface area contributed by atoms with Crippen molar-refractivity contribution in [3.63, 3.8) is 0 Å². The van der Waals surface area contributed by atoms with Crippen molar-refractivity contribution in [1.29, 1.82) is 0 Å². The van der Waals surface area contributed by atoms with Gasteiger partial charge in [-0.05, 0) is 37.1 Å². The number of benzene rings is 1. The van der Waals surface area contributed by atoms with Gasteiger partial charge in [0.25, 0.3) is 0 Å². The molecule has 8 heteroatoms. The van der Waals surface area contributed by atoms with Crippen LogP contribution in [0.15, 0.2) is 29.2 Å². The van der Waals surface area contributed by atoms with E-state index in [1.54, 1.807) is 0 Å². The van der Waals surface area contributed by atoms with E-state index in [4.69, 9.17) is 11.6 Å². The fourth-order valence-corrected chi connectivity index (χ4v) is 6.09. The monoisotopic (exact) mass is 335 g/mol. The predicted octanol–water partition coefficient (Wildman–Crippen LogP) is 1.29. The maximum Gasteiger partial charge on any atom is 0.217 e. The molecule has 5 nitrogen and oxygen atoms in total. The van der Waals surface area contributed by atoms with Crippen LogP contribution in [0.3, 0.4) is 0 Å². The van der Waals surface area contributed by atoms with Gasteiger partial charge in [-0.25, -0.2) is 16.8 Å². The summed E-state index contributed by atoms with van der Waals surface area (Å²) in [5, 5.41) is -0.477. The van der Waals surface area contributed by atoms with Crippen molar-refractivity contribution in [1.82, 2.24) is 4.31 Å². The SMILES string of the molecule is O=S(=O)(c1ccc(Cl)cc1)C1CN(S(=O)(=O)C2CC2)C1. The summed E-state index contributed by atoms with van der Waals surface area (Å²) in [6.07, 6.45) is 1.38. The topological polar surface area (TPSA) is 71.5 Å². The van der Waals surface area contributed by atoms with Crippen molar-refractivity contribution in [3.05, 3.63) is 29.3 Å². The molecule has 1 heterocycles. The van der Waals surface area contributed by atoms with Gasteiger partial charge in [0, 0.05) is 18.1 Å². The molecule has 0 amide bonds. The third-order valence-electron chi connectivity index (χ3n) is 3.70. The second kappa shape index (κ2) is 4.69. The van der Waals surface area contributed by atoms with E-state index in [9.17, 15) is 16.8 Å². The standard InChI is InChI=1S/C12H14ClNO4S2/c13-9-1-3-10(4-2-9)19(15,16)12-7-14(8-12)20(17,18)11-5-6-11/h1-4,11-12H,5-8H2. The normalized spacial score (nSPS) is 21.6. The zero-order valence-corrected chi connectivity index (χ0v) is 13.0. The van der Waals surface area contributed by atoms with Gasteiger partial charge in [-0.1, -0.05) is 11.6 Å². The van der Waals surface area contributed by atoms with Gasteiger partial charge in [0.05, 0.1) is 15.4 Å². The third kappa shape index (κ3) is 2.36. The molecule has 1 aliphatic heterocycles. The zero-order valence-electron chi connectivity index (χ0n) is 10.6. The van der Waals surface area contributed by atoms with Crippen molar-refractivity contribution < 1.29 is 16.8 Å². The average molecular weight is 336 g/mol. The van der Waals surface area contributed by atoms with E-state index < -0.39 is 25.1 Å². The summed E-state index contributed by atoms with van der Waals surface area (Å²) in [4.78, 5) is 0.190.